The number of hydrogen-bond donors (Lipinski definition) is 3. The molecule has 1 atom stereocenters. The Morgan fingerprint density at radius 1 is 1.02 bits per heavy atom. The summed E-state index contributed by atoms with van der Waals surface area (Å²) >= 11 is 1.26. The number of alkyl carbamates (subject to hydrolysis) is 1. The molecule has 0 aliphatic rings. The Hall–Kier alpha value is -3.59. The average molecular weight is 565 g/mol. The molecule has 0 saturated heterocycles. The molecule has 1 amide bonds. The Labute approximate surface area is 241 Å². The van der Waals surface area contributed by atoms with Crippen molar-refractivity contribution in [3.63, 3.8) is 0 Å². The fourth-order valence-electron chi connectivity index (χ4n) is 4.43. The molecule has 3 aromatic rings. The zero-order valence-corrected chi connectivity index (χ0v) is 25.2. The molecule has 40 heavy (non-hydrogen) atoms. The lowest BCUT2D eigenvalue weighted by Gasteiger charge is -2.24. The number of anilines is 1. The Kier molecular flexibility index (Phi) is 10.6. The standard InChI is InChI=1S/C31H40N4O4S/c1-19(2)16-23(33-30(38)39-31(5,6)7)14-15-24-18-26(27-20(3)10-8-11-21(27)4)34-29(32-24)35-40-25-13-9-12-22(17-25)28(36)37/h8-13,17-19,23H,14-16H2,1-7H3,(H,33,38)(H,36,37)(H,32,34,35). The van der Waals surface area contributed by atoms with E-state index >= 15 is 0 Å². The van der Waals surface area contributed by atoms with E-state index < -0.39 is 17.7 Å². The lowest BCUT2D eigenvalue weighted by atomic mass is 9.97. The lowest BCUT2D eigenvalue weighted by molar-refractivity contribution is 0.0495. The molecule has 214 valence electrons. The molecule has 3 N–H and O–H groups in total. The minimum absolute atomic E-state index is 0.0713. The average Bonchev–Trinajstić information content (AvgIpc) is 2.84. The van der Waals surface area contributed by atoms with Crippen molar-refractivity contribution < 1.29 is 19.4 Å². The normalized spacial score (nSPS) is 12.2. The number of ether oxygens (including phenoxy) is 1. The van der Waals surface area contributed by atoms with Crippen molar-refractivity contribution in [1.29, 1.82) is 0 Å². The minimum atomic E-state index is -0.978. The van der Waals surface area contributed by atoms with E-state index in [1.807, 2.05) is 39.0 Å². The van der Waals surface area contributed by atoms with Crippen LogP contribution in [0.25, 0.3) is 11.3 Å². The van der Waals surface area contributed by atoms with Crippen molar-refractivity contribution in [3.8, 4) is 11.3 Å². The Bertz CT molecular complexity index is 1320. The number of hydrogen-bond acceptors (Lipinski definition) is 7. The SMILES string of the molecule is Cc1cccc(C)c1-c1cc(CCC(CC(C)C)NC(=O)OC(C)(C)C)nc(NSc2cccc(C(=O)O)c2)n1. The predicted molar refractivity (Wildman–Crippen MR) is 161 cm³/mol. The molecule has 1 aromatic heterocycles. The number of carbonyl (C=O) groups is 2. The van der Waals surface area contributed by atoms with Gasteiger partial charge in [0.05, 0.1) is 11.3 Å². The van der Waals surface area contributed by atoms with E-state index in [1.54, 1.807) is 18.2 Å². The van der Waals surface area contributed by atoms with Crippen LogP contribution in [0.2, 0.25) is 0 Å². The van der Waals surface area contributed by atoms with E-state index in [0.717, 1.165) is 39.4 Å². The van der Waals surface area contributed by atoms with Gasteiger partial charge in [-0.15, -0.1) is 0 Å². The predicted octanol–water partition coefficient (Wildman–Crippen LogP) is 7.45. The summed E-state index contributed by atoms with van der Waals surface area (Å²) in [6.45, 7) is 13.9. The van der Waals surface area contributed by atoms with E-state index in [0.29, 0.717) is 24.7 Å². The van der Waals surface area contributed by atoms with E-state index in [1.165, 1.54) is 11.9 Å². The summed E-state index contributed by atoms with van der Waals surface area (Å²) in [6, 6.07) is 14.8. The van der Waals surface area contributed by atoms with Gasteiger partial charge in [0.25, 0.3) is 0 Å². The van der Waals surface area contributed by atoms with Crippen LogP contribution < -0.4 is 10.0 Å². The van der Waals surface area contributed by atoms with Gasteiger partial charge in [-0.2, -0.15) is 0 Å². The molecule has 3 rings (SSSR count). The minimum Gasteiger partial charge on any atom is -0.478 e. The Morgan fingerprint density at radius 3 is 2.33 bits per heavy atom. The summed E-state index contributed by atoms with van der Waals surface area (Å²) in [5.41, 5.74) is 4.58. The number of benzene rings is 2. The summed E-state index contributed by atoms with van der Waals surface area (Å²) in [5.74, 6) is -0.152. The molecule has 8 nitrogen and oxygen atoms in total. The summed E-state index contributed by atoms with van der Waals surface area (Å²) in [4.78, 5) is 34.2. The number of carbonyl (C=O) groups excluding carboxylic acids is 1. The zero-order valence-electron chi connectivity index (χ0n) is 24.4. The fraction of sp³-hybridized carbons (Fsp3) is 0.419. The van der Waals surface area contributed by atoms with Crippen LogP contribution in [-0.2, 0) is 11.2 Å². The second kappa shape index (κ2) is 13.7. The highest BCUT2D eigenvalue weighted by Crippen LogP contribution is 2.29. The van der Waals surface area contributed by atoms with Gasteiger partial charge in [0, 0.05) is 22.2 Å². The molecular weight excluding hydrogens is 524 g/mol. The highest BCUT2D eigenvalue weighted by Gasteiger charge is 2.21. The first-order valence-corrected chi connectivity index (χ1v) is 14.3. The van der Waals surface area contributed by atoms with Crippen LogP contribution in [0.4, 0.5) is 10.7 Å². The highest BCUT2D eigenvalue weighted by atomic mass is 32.2. The Morgan fingerprint density at radius 2 is 1.70 bits per heavy atom. The van der Waals surface area contributed by atoms with E-state index in [4.69, 9.17) is 14.7 Å². The molecule has 1 unspecified atom stereocenters. The van der Waals surface area contributed by atoms with Crippen molar-refractivity contribution in [2.75, 3.05) is 4.72 Å². The van der Waals surface area contributed by atoms with E-state index in [-0.39, 0.29) is 11.6 Å². The van der Waals surface area contributed by atoms with E-state index in [2.05, 4.69) is 49.9 Å². The van der Waals surface area contributed by atoms with Gasteiger partial charge in [0.15, 0.2) is 0 Å². The molecule has 0 bridgehead atoms. The number of aromatic nitrogens is 2. The van der Waals surface area contributed by atoms with Crippen molar-refractivity contribution in [3.05, 3.63) is 70.9 Å². The lowest BCUT2D eigenvalue weighted by Crippen LogP contribution is -2.40. The maximum atomic E-state index is 12.5. The number of carboxylic acids is 1. The first-order valence-electron chi connectivity index (χ1n) is 13.5. The summed E-state index contributed by atoms with van der Waals surface area (Å²) in [5, 5.41) is 12.4. The number of amides is 1. The molecule has 0 aliphatic carbocycles. The van der Waals surface area contributed by atoms with Crippen LogP contribution in [-0.4, -0.2) is 38.8 Å². The van der Waals surface area contributed by atoms with Crippen LogP contribution in [0.15, 0.2) is 53.4 Å². The molecular formula is C31H40N4O4S. The van der Waals surface area contributed by atoms with Crippen LogP contribution in [0, 0.1) is 19.8 Å². The van der Waals surface area contributed by atoms with Crippen molar-refractivity contribution in [2.24, 2.45) is 5.92 Å². The third kappa shape index (κ3) is 9.55. The molecule has 0 spiro atoms. The monoisotopic (exact) mass is 564 g/mol. The van der Waals surface area contributed by atoms with Gasteiger partial charge in [-0.3, -0.25) is 4.72 Å². The number of carboxylic acid groups (broad SMARTS) is 1. The molecule has 2 aromatic carbocycles. The smallest absolute Gasteiger partial charge is 0.407 e. The molecule has 9 heteroatoms. The third-order valence-corrected chi connectivity index (χ3v) is 6.86. The maximum Gasteiger partial charge on any atom is 0.407 e. The second-order valence-electron chi connectivity index (χ2n) is 11.4. The van der Waals surface area contributed by atoms with Gasteiger partial charge >= 0.3 is 12.1 Å². The first kappa shape index (κ1) is 30.9. The number of aromatic carboxylic acids is 1. The summed E-state index contributed by atoms with van der Waals surface area (Å²) in [7, 11) is 0. The molecule has 0 radical (unpaired) electrons. The maximum absolute atomic E-state index is 12.5. The van der Waals surface area contributed by atoms with Gasteiger partial charge in [-0.1, -0.05) is 38.1 Å². The topological polar surface area (TPSA) is 113 Å². The Balaban J connectivity index is 1.87. The highest BCUT2D eigenvalue weighted by molar-refractivity contribution is 8.00. The number of aryl methyl sites for hydroxylation is 3. The van der Waals surface area contributed by atoms with Gasteiger partial charge in [0.2, 0.25) is 5.95 Å². The van der Waals surface area contributed by atoms with E-state index in [9.17, 15) is 14.7 Å². The van der Waals surface area contributed by atoms with Gasteiger partial charge in [-0.25, -0.2) is 19.6 Å². The summed E-state index contributed by atoms with van der Waals surface area (Å²) in [6.07, 6.45) is 1.71. The van der Waals surface area contributed by atoms with Crippen LogP contribution in [0.5, 0.6) is 0 Å². The zero-order chi connectivity index (χ0) is 29.4. The van der Waals surface area contributed by atoms with Crippen LogP contribution in [0.3, 0.4) is 0 Å². The van der Waals surface area contributed by atoms with Crippen molar-refractivity contribution >= 4 is 30.0 Å². The van der Waals surface area contributed by atoms with Gasteiger partial charge in [-0.05, 0) is 107 Å². The van der Waals surface area contributed by atoms with Crippen molar-refractivity contribution in [2.45, 2.75) is 84.3 Å². The van der Waals surface area contributed by atoms with Gasteiger partial charge in [0.1, 0.15) is 5.60 Å². The number of rotatable bonds is 11. The number of nitrogens with zero attached hydrogens (tertiary/aromatic N) is 2. The third-order valence-electron chi connectivity index (χ3n) is 6.08. The largest absolute Gasteiger partial charge is 0.478 e. The van der Waals surface area contributed by atoms with Crippen molar-refractivity contribution in [1.82, 2.24) is 15.3 Å². The first-order chi connectivity index (χ1) is 18.8. The molecule has 0 saturated carbocycles. The summed E-state index contributed by atoms with van der Waals surface area (Å²) < 4.78 is 8.70. The second-order valence-corrected chi connectivity index (χ2v) is 12.3. The number of nitrogens with one attached hydrogen (secondary N) is 2. The molecule has 1 heterocycles. The van der Waals surface area contributed by atoms with Crippen LogP contribution >= 0.6 is 11.9 Å². The van der Waals surface area contributed by atoms with Crippen LogP contribution in [0.1, 0.15) is 74.6 Å². The van der Waals surface area contributed by atoms with Gasteiger partial charge < -0.3 is 15.2 Å². The quantitative estimate of drug-likeness (QED) is 0.206. The molecule has 0 aliphatic heterocycles. The fourth-order valence-corrected chi connectivity index (χ4v) is 5.06. The molecule has 0 fully saturated rings.